The Morgan fingerprint density at radius 2 is 1.90 bits per heavy atom. The Kier molecular flexibility index (Phi) is 3.21. The van der Waals surface area contributed by atoms with Gasteiger partial charge in [0, 0.05) is 11.3 Å². The van der Waals surface area contributed by atoms with Gasteiger partial charge < -0.3 is 9.73 Å². The van der Waals surface area contributed by atoms with Gasteiger partial charge in [-0.05, 0) is 25.1 Å². The SMILES string of the molecule is Cc1ccc(-c2cnc(Nc3cccc(F)c3)o2)cc1. The summed E-state index contributed by atoms with van der Waals surface area (Å²) in [5.41, 5.74) is 2.74. The summed E-state index contributed by atoms with van der Waals surface area (Å²) in [6.07, 6.45) is 1.65. The van der Waals surface area contributed by atoms with Crippen LogP contribution in [0.5, 0.6) is 0 Å². The molecular formula is C16H13FN2O. The van der Waals surface area contributed by atoms with Crippen molar-refractivity contribution in [2.45, 2.75) is 6.92 Å². The molecule has 1 aromatic heterocycles. The second-order valence-corrected chi connectivity index (χ2v) is 4.53. The van der Waals surface area contributed by atoms with Crippen LogP contribution in [-0.2, 0) is 0 Å². The van der Waals surface area contributed by atoms with E-state index in [4.69, 9.17) is 4.42 Å². The van der Waals surface area contributed by atoms with Gasteiger partial charge in [0.25, 0.3) is 6.01 Å². The Hall–Kier alpha value is -2.62. The molecule has 3 nitrogen and oxygen atoms in total. The number of rotatable bonds is 3. The summed E-state index contributed by atoms with van der Waals surface area (Å²) in [7, 11) is 0. The summed E-state index contributed by atoms with van der Waals surface area (Å²) in [6.45, 7) is 2.03. The van der Waals surface area contributed by atoms with Gasteiger partial charge in [0.15, 0.2) is 5.76 Å². The van der Waals surface area contributed by atoms with E-state index < -0.39 is 0 Å². The van der Waals surface area contributed by atoms with Crippen molar-refractivity contribution < 1.29 is 8.81 Å². The van der Waals surface area contributed by atoms with Crippen LogP contribution in [0.15, 0.2) is 59.1 Å². The lowest BCUT2D eigenvalue weighted by Gasteiger charge is -2.01. The lowest BCUT2D eigenvalue weighted by Crippen LogP contribution is -1.90. The molecule has 0 aliphatic rings. The highest BCUT2D eigenvalue weighted by Crippen LogP contribution is 2.24. The smallest absolute Gasteiger partial charge is 0.299 e. The van der Waals surface area contributed by atoms with Crippen molar-refractivity contribution in [3.8, 4) is 11.3 Å². The first kappa shape index (κ1) is 12.4. The lowest BCUT2D eigenvalue weighted by molar-refractivity contribution is 0.591. The predicted octanol–water partition coefficient (Wildman–Crippen LogP) is 4.53. The number of nitrogens with one attached hydrogen (secondary N) is 1. The van der Waals surface area contributed by atoms with E-state index in [9.17, 15) is 4.39 Å². The molecule has 3 rings (SSSR count). The van der Waals surface area contributed by atoms with Crippen LogP contribution >= 0.6 is 0 Å². The van der Waals surface area contributed by atoms with E-state index >= 15 is 0 Å². The summed E-state index contributed by atoms with van der Waals surface area (Å²) in [5, 5.41) is 2.93. The fourth-order valence-electron chi connectivity index (χ4n) is 1.87. The molecule has 0 fully saturated rings. The molecule has 0 unspecified atom stereocenters. The van der Waals surface area contributed by atoms with Gasteiger partial charge in [-0.2, -0.15) is 0 Å². The lowest BCUT2D eigenvalue weighted by atomic mass is 10.1. The zero-order chi connectivity index (χ0) is 13.9. The summed E-state index contributed by atoms with van der Waals surface area (Å²) in [5.74, 6) is 0.365. The molecule has 0 bridgehead atoms. The fourth-order valence-corrected chi connectivity index (χ4v) is 1.87. The third-order valence-corrected chi connectivity index (χ3v) is 2.92. The highest BCUT2D eigenvalue weighted by molar-refractivity contribution is 5.59. The number of nitrogens with zero attached hydrogens (tertiary/aromatic N) is 1. The topological polar surface area (TPSA) is 38.1 Å². The minimum Gasteiger partial charge on any atom is -0.423 e. The van der Waals surface area contributed by atoms with Crippen LogP contribution in [0.2, 0.25) is 0 Å². The zero-order valence-corrected chi connectivity index (χ0v) is 10.9. The van der Waals surface area contributed by atoms with Gasteiger partial charge in [-0.1, -0.05) is 35.9 Å². The Morgan fingerprint density at radius 1 is 1.10 bits per heavy atom. The van der Waals surface area contributed by atoms with Crippen molar-refractivity contribution in [1.82, 2.24) is 4.98 Å². The van der Waals surface area contributed by atoms with Gasteiger partial charge in [0.2, 0.25) is 0 Å². The van der Waals surface area contributed by atoms with E-state index in [-0.39, 0.29) is 5.82 Å². The first-order valence-corrected chi connectivity index (χ1v) is 6.26. The Morgan fingerprint density at radius 3 is 2.65 bits per heavy atom. The van der Waals surface area contributed by atoms with Gasteiger partial charge >= 0.3 is 0 Å². The summed E-state index contributed by atoms with van der Waals surface area (Å²) >= 11 is 0. The van der Waals surface area contributed by atoms with Crippen LogP contribution in [0.4, 0.5) is 16.1 Å². The normalized spacial score (nSPS) is 10.5. The molecule has 3 aromatic rings. The van der Waals surface area contributed by atoms with Gasteiger partial charge in [-0.3, -0.25) is 0 Å². The van der Waals surface area contributed by atoms with Gasteiger partial charge in [0.05, 0.1) is 6.20 Å². The molecule has 0 spiro atoms. The second-order valence-electron chi connectivity index (χ2n) is 4.53. The zero-order valence-electron chi connectivity index (χ0n) is 10.9. The van der Waals surface area contributed by atoms with E-state index in [2.05, 4.69) is 10.3 Å². The van der Waals surface area contributed by atoms with E-state index in [1.807, 2.05) is 31.2 Å². The van der Waals surface area contributed by atoms with Crippen LogP contribution in [0.1, 0.15) is 5.56 Å². The van der Waals surface area contributed by atoms with Crippen molar-refractivity contribution in [1.29, 1.82) is 0 Å². The summed E-state index contributed by atoms with van der Waals surface area (Å²) < 4.78 is 18.7. The van der Waals surface area contributed by atoms with E-state index in [0.717, 1.165) is 5.56 Å². The molecule has 0 aliphatic heterocycles. The van der Waals surface area contributed by atoms with Crippen LogP contribution in [0.25, 0.3) is 11.3 Å². The van der Waals surface area contributed by atoms with Crippen molar-refractivity contribution in [2.24, 2.45) is 0 Å². The molecular weight excluding hydrogens is 255 g/mol. The third-order valence-electron chi connectivity index (χ3n) is 2.92. The van der Waals surface area contributed by atoms with Gasteiger partial charge in [-0.25, -0.2) is 9.37 Å². The van der Waals surface area contributed by atoms with Gasteiger partial charge in [0.1, 0.15) is 5.82 Å². The van der Waals surface area contributed by atoms with Crippen molar-refractivity contribution >= 4 is 11.7 Å². The van der Waals surface area contributed by atoms with Crippen molar-refractivity contribution in [2.75, 3.05) is 5.32 Å². The molecule has 2 aromatic carbocycles. The number of benzene rings is 2. The van der Waals surface area contributed by atoms with E-state index in [1.54, 1.807) is 18.3 Å². The third kappa shape index (κ3) is 2.69. The fraction of sp³-hybridized carbons (Fsp3) is 0.0625. The molecule has 4 heteroatoms. The average molecular weight is 268 g/mol. The molecule has 1 heterocycles. The minimum absolute atomic E-state index is 0.305. The monoisotopic (exact) mass is 268 g/mol. The number of hydrogen-bond acceptors (Lipinski definition) is 3. The average Bonchev–Trinajstić information content (AvgIpc) is 2.88. The van der Waals surface area contributed by atoms with Crippen molar-refractivity contribution in [3.05, 3.63) is 66.1 Å². The summed E-state index contributed by atoms with van der Waals surface area (Å²) in [4.78, 5) is 4.14. The van der Waals surface area contributed by atoms with E-state index in [1.165, 1.54) is 17.7 Å². The maximum atomic E-state index is 13.1. The highest BCUT2D eigenvalue weighted by atomic mass is 19.1. The second kappa shape index (κ2) is 5.17. The van der Waals surface area contributed by atoms with Crippen LogP contribution in [-0.4, -0.2) is 4.98 Å². The maximum absolute atomic E-state index is 13.1. The number of aryl methyl sites for hydroxylation is 1. The molecule has 1 N–H and O–H groups in total. The molecule has 0 saturated carbocycles. The Labute approximate surface area is 116 Å². The first-order valence-electron chi connectivity index (χ1n) is 6.26. The molecule has 0 radical (unpaired) electrons. The van der Waals surface area contributed by atoms with Gasteiger partial charge in [-0.15, -0.1) is 0 Å². The molecule has 0 atom stereocenters. The number of anilines is 2. The minimum atomic E-state index is -0.305. The van der Waals surface area contributed by atoms with Crippen LogP contribution in [0, 0.1) is 12.7 Å². The molecule has 20 heavy (non-hydrogen) atoms. The van der Waals surface area contributed by atoms with Crippen molar-refractivity contribution in [3.63, 3.8) is 0 Å². The largest absolute Gasteiger partial charge is 0.423 e. The quantitative estimate of drug-likeness (QED) is 0.758. The maximum Gasteiger partial charge on any atom is 0.299 e. The number of halogens is 1. The molecule has 0 amide bonds. The van der Waals surface area contributed by atoms with Crippen LogP contribution in [0.3, 0.4) is 0 Å². The molecule has 0 aliphatic carbocycles. The highest BCUT2D eigenvalue weighted by Gasteiger charge is 2.06. The van der Waals surface area contributed by atoms with E-state index in [0.29, 0.717) is 17.5 Å². The standard InChI is InChI=1S/C16H13FN2O/c1-11-5-7-12(8-6-11)15-10-18-16(20-15)19-14-4-2-3-13(17)9-14/h2-10H,1H3,(H,18,19). The summed E-state index contributed by atoms with van der Waals surface area (Å²) in [6, 6.07) is 14.5. The molecule has 100 valence electrons. The first-order chi connectivity index (χ1) is 9.70. The Balaban J connectivity index is 1.82. The molecule has 0 saturated heterocycles. The number of aromatic nitrogens is 1. The Bertz CT molecular complexity index is 719. The predicted molar refractivity (Wildman–Crippen MR) is 76.4 cm³/mol. The number of oxazole rings is 1. The number of hydrogen-bond donors (Lipinski definition) is 1. The van der Waals surface area contributed by atoms with Crippen LogP contribution < -0.4 is 5.32 Å².